The first-order chi connectivity index (χ1) is 8.57. The highest BCUT2D eigenvalue weighted by molar-refractivity contribution is 5.92. The van der Waals surface area contributed by atoms with Crippen LogP contribution in [-0.4, -0.2) is 29.5 Å². The molecule has 0 saturated heterocycles. The van der Waals surface area contributed by atoms with Crippen molar-refractivity contribution >= 4 is 11.7 Å². The molecular weight excluding hydrogens is 228 g/mol. The van der Waals surface area contributed by atoms with Gasteiger partial charge in [-0.05, 0) is 24.2 Å². The van der Waals surface area contributed by atoms with Crippen molar-refractivity contribution in [1.29, 1.82) is 0 Å². The number of carbonyl (C=O) groups is 1. The maximum Gasteiger partial charge on any atom is 0.271 e. The Balaban J connectivity index is 1.95. The fourth-order valence-corrected chi connectivity index (χ4v) is 2.06. The SMILES string of the molecule is CNc1cncc(C(=O)NCC2(C(C)C)CC2)n1. The van der Waals surface area contributed by atoms with Crippen molar-refractivity contribution in [1.82, 2.24) is 15.3 Å². The van der Waals surface area contributed by atoms with Crippen LogP contribution in [0, 0.1) is 11.3 Å². The zero-order valence-electron chi connectivity index (χ0n) is 11.2. The molecule has 5 nitrogen and oxygen atoms in total. The highest BCUT2D eigenvalue weighted by atomic mass is 16.1. The van der Waals surface area contributed by atoms with Gasteiger partial charge in [0, 0.05) is 13.6 Å². The monoisotopic (exact) mass is 248 g/mol. The molecule has 1 aliphatic rings. The van der Waals surface area contributed by atoms with Crippen LogP contribution in [0.5, 0.6) is 0 Å². The molecule has 1 aromatic rings. The van der Waals surface area contributed by atoms with Crippen LogP contribution in [0.3, 0.4) is 0 Å². The molecule has 0 aliphatic heterocycles. The molecule has 0 spiro atoms. The minimum atomic E-state index is -0.147. The summed E-state index contributed by atoms with van der Waals surface area (Å²) in [6.45, 7) is 5.15. The van der Waals surface area contributed by atoms with E-state index in [0.717, 1.165) is 6.54 Å². The van der Waals surface area contributed by atoms with Crippen LogP contribution < -0.4 is 10.6 Å². The molecule has 1 fully saturated rings. The van der Waals surface area contributed by atoms with Gasteiger partial charge < -0.3 is 10.6 Å². The highest BCUT2D eigenvalue weighted by Gasteiger charge is 2.45. The molecule has 1 aliphatic carbocycles. The Morgan fingerprint density at radius 1 is 1.44 bits per heavy atom. The van der Waals surface area contributed by atoms with Gasteiger partial charge in [-0.2, -0.15) is 0 Å². The molecule has 0 bridgehead atoms. The van der Waals surface area contributed by atoms with Crippen molar-refractivity contribution in [3.8, 4) is 0 Å². The van der Waals surface area contributed by atoms with E-state index in [1.54, 1.807) is 13.2 Å². The average molecular weight is 248 g/mol. The number of hydrogen-bond acceptors (Lipinski definition) is 4. The summed E-state index contributed by atoms with van der Waals surface area (Å²) in [7, 11) is 1.75. The Labute approximate surface area is 107 Å². The van der Waals surface area contributed by atoms with Crippen LogP contribution in [0.15, 0.2) is 12.4 Å². The van der Waals surface area contributed by atoms with E-state index in [9.17, 15) is 4.79 Å². The third-order valence-electron chi connectivity index (χ3n) is 3.84. The lowest BCUT2D eigenvalue weighted by Crippen LogP contribution is -2.33. The van der Waals surface area contributed by atoms with Crippen molar-refractivity contribution in [2.45, 2.75) is 26.7 Å². The number of amides is 1. The second-order valence-electron chi connectivity index (χ2n) is 5.24. The minimum absolute atomic E-state index is 0.147. The van der Waals surface area contributed by atoms with Gasteiger partial charge >= 0.3 is 0 Å². The van der Waals surface area contributed by atoms with Crippen molar-refractivity contribution in [2.75, 3.05) is 18.9 Å². The van der Waals surface area contributed by atoms with E-state index in [-0.39, 0.29) is 5.91 Å². The van der Waals surface area contributed by atoms with Gasteiger partial charge in [-0.25, -0.2) is 4.98 Å². The molecule has 1 heterocycles. The van der Waals surface area contributed by atoms with E-state index < -0.39 is 0 Å². The Morgan fingerprint density at radius 2 is 2.17 bits per heavy atom. The summed E-state index contributed by atoms with van der Waals surface area (Å²) >= 11 is 0. The fourth-order valence-electron chi connectivity index (χ4n) is 2.06. The zero-order valence-corrected chi connectivity index (χ0v) is 11.2. The Kier molecular flexibility index (Phi) is 3.50. The lowest BCUT2D eigenvalue weighted by Gasteiger charge is -2.19. The Hall–Kier alpha value is -1.65. The molecule has 0 atom stereocenters. The number of anilines is 1. The van der Waals surface area contributed by atoms with Gasteiger partial charge in [0.05, 0.1) is 12.4 Å². The predicted molar refractivity (Wildman–Crippen MR) is 70.4 cm³/mol. The number of nitrogens with one attached hydrogen (secondary N) is 2. The third-order valence-corrected chi connectivity index (χ3v) is 3.84. The summed E-state index contributed by atoms with van der Waals surface area (Å²) in [5.41, 5.74) is 0.672. The lowest BCUT2D eigenvalue weighted by atomic mass is 9.92. The molecule has 0 unspecified atom stereocenters. The van der Waals surface area contributed by atoms with Crippen molar-refractivity contribution in [2.24, 2.45) is 11.3 Å². The maximum atomic E-state index is 12.0. The van der Waals surface area contributed by atoms with E-state index in [0.29, 0.717) is 22.8 Å². The molecule has 98 valence electrons. The Bertz CT molecular complexity index is 440. The molecule has 0 aromatic carbocycles. The summed E-state index contributed by atoms with van der Waals surface area (Å²) in [5.74, 6) is 1.06. The predicted octanol–water partition coefficient (Wildman–Crippen LogP) is 1.68. The third kappa shape index (κ3) is 2.60. The smallest absolute Gasteiger partial charge is 0.271 e. The number of nitrogens with zero attached hydrogens (tertiary/aromatic N) is 2. The van der Waals surface area contributed by atoms with Gasteiger partial charge in [0.2, 0.25) is 0 Å². The molecule has 1 saturated carbocycles. The molecule has 1 aromatic heterocycles. The molecular formula is C13H20N4O. The normalized spacial score (nSPS) is 16.4. The maximum absolute atomic E-state index is 12.0. The van der Waals surface area contributed by atoms with Crippen molar-refractivity contribution < 1.29 is 4.79 Å². The van der Waals surface area contributed by atoms with Gasteiger partial charge in [-0.3, -0.25) is 9.78 Å². The molecule has 1 amide bonds. The van der Waals surface area contributed by atoms with Gasteiger partial charge in [0.15, 0.2) is 0 Å². The van der Waals surface area contributed by atoms with Crippen LogP contribution >= 0.6 is 0 Å². The van der Waals surface area contributed by atoms with Crippen LogP contribution in [0.25, 0.3) is 0 Å². The standard InChI is InChI=1S/C13H20N4O/c1-9(2)13(4-5-13)8-16-12(18)10-6-15-7-11(14-3)17-10/h6-7,9H,4-5,8H2,1-3H3,(H,14,17)(H,16,18). The molecule has 5 heteroatoms. The molecule has 18 heavy (non-hydrogen) atoms. The number of rotatable bonds is 5. The first kappa shape index (κ1) is 12.8. The van der Waals surface area contributed by atoms with Gasteiger partial charge in [0.25, 0.3) is 5.91 Å². The number of hydrogen-bond donors (Lipinski definition) is 2. The zero-order chi connectivity index (χ0) is 13.2. The van der Waals surface area contributed by atoms with Crippen LogP contribution in [0.1, 0.15) is 37.2 Å². The molecule has 2 rings (SSSR count). The quantitative estimate of drug-likeness (QED) is 0.832. The van der Waals surface area contributed by atoms with Gasteiger partial charge in [0.1, 0.15) is 11.5 Å². The highest BCUT2D eigenvalue weighted by Crippen LogP contribution is 2.51. The summed E-state index contributed by atoms with van der Waals surface area (Å²) in [5, 5.41) is 5.84. The summed E-state index contributed by atoms with van der Waals surface area (Å²) < 4.78 is 0. The second kappa shape index (κ2) is 4.92. The van der Waals surface area contributed by atoms with E-state index >= 15 is 0 Å². The average Bonchev–Trinajstić information content (AvgIpc) is 3.17. The number of carbonyl (C=O) groups excluding carboxylic acids is 1. The largest absolute Gasteiger partial charge is 0.372 e. The van der Waals surface area contributed by atoms with Crippen molar-refractivity contribution in [3.63, 3.8) is 0 Å². The summed E-state index contributed by atoms with van der Waals surface area (Å²) in [6, 6.07) is 0. The second-order valence-corrected chi connectivity index (χ2v) is 5.24. The van der Waals surface area contributed by atoms with E-state index in [2.05, 4.69) is 34.4 Å². The van der Waals surface area contributed by atoms with Crippen LogP contribution in [-0.2, 0) is 0 Å². The fraction of sp³-hybridized carbons (Fsp3) is 0.615. The topological polar surface area (TPSA) is 66.9 Å². The Morgan fingerprint density at radius 3 is 2.72 bits per heavy atom. The summed E-state index contributed by atoms with van der Waals surface area (Å²) in [6.07, 6.45) is 5.48. The van der Waals surface area contributed by atoms with E-state index in [1.165, 1.54) is 19.0 Å². The van der Waals surface area contributed by atoms with Gasteiger partial charge in [-0.1, -0.05) is 13.8 Å². The minimum Gasteiger partial charge on any atom is -0.372 e. The van der Waals surface area contributed by atoms with Crippen LogP contribution in [0.4, 0.5) is 5.82 Å². The first-order valence-corrected chi connectivity index (χ1v) is 6.35. The lowest BCUT2D eigenvalue weighted by molar-refractivity contribution is 0.0934. The van der Waals surface area contributed by atoms with E-state index in [1.807, 2.05) is 0 Å². The first-order valence-electron chi connectivity index (χ1n) is 6.35. The summed E-state index contributed by atoms with van der Waals surface area (Å²) in [4.78, 5) is 20.1. The molecule has 0 radical (unpaired) electrons. The van der Waals surface area contributed by atoms with Crippen molar-refractivity contribution in [3.05, 3.63) is 18.1 Å². The molecule has 2 N–H and O–H groups in total. The van der Waals surface area contributed by atoms with E-state index in [4.69, 9.17) is 0 Å². The van der Waals surface area contributed by atoms with Crippen LogP contribution in [0.2, 0.25) is 0 Å². The number of aromatic nitrogens is 2. The van der Waals surface area contributed by atoms with Gasteiger partial charge in [-0.15, -0.1) is 0 Å².